The standard InChI is InChI=1S/C18H12ClIN6OS2/c1-9-23-24-18-26(9)25-16(29-18)10-2-5-12(6-3-10)21-17(28)22-15(27)13-8-11(20)4-7-14(13)19/h2-8H,1H3,(H2,21,22,27,28). The van der Waals surface area contributed by atoms with Gasteiger partial charge in [-0.1, -0.05) is 22.9 Å². The van der Waals surface area contributed by atoms with E-state index in [4.69, 9.17) is 23.8 Å². The lowest BCUT2D eigenvalue weighted by Gasteiger charge is -2.11. The van der Waals surface area contributed by atoms with Crippen LogP contribution < -0.4 is 10.6 Å². The zero-order valence-corrected chi connectivity index (χ0v) is 19.4. The number of rotatable bonds is 3. The quantitative estimate of drug-likeness (QED) is 0.286. The Balaban J connectivity index is 1.43. The van der Waals surface area contributed by atoms with Crippen LogP contribution in [0, 0.1) is 10.5 Å². The SMILES string of the molecule is Cc1nnc2sc(-c3ccc(NC(=S)NC(=O)c4cc(I)ccc4Cl)cc3)nn12. The van der Waals surface area contributed by atoms with Crippen LogP contribution in [0.2, 0.25) is 5.02 Å². The molecule has 0 saturated heterocycles. The zero-order valence-electron chi connectivity index (χ0n) is 14.8. The highest BCUT2D eigenvalue weighted by molar-refractivity contribution is 14.1. The highest BCUT2D eigenvalue weighted by atomic mass is 127. The van der Waals surface area contributed by atoms with E-state index < -0.39 is 0 Å². The van der Waals surface area contributed by atoms with E-state index in [9.17, 15) is 4.79 Å². The lowest BCUT2D eigenvalue weighted by molar-refractivity contribution is 0.0978. The van der Waals surface area contributed by atoms with Gasteiger partial charge < -0.3 is 5.32 Å². The minimum Gasteiger partial charge on any atom is -0.332 e. The number of nitrogens with one attached hydrogen (secondary N) is 2. The number of aryl methyl sites for hydroxylation is 1. The number of hydrogen-bond acceptors (Lipinski definition) is 6. The summed E-state index contributed by atoms with van der Waals surface area (Å²) in [4.78, 5) is 13.1. The number of benzene rings is 2. The molecule has 1 amide bonds. The summed E-state index contributed by atoms with van der Waals surface area (Å²) in [6, 6.07) is 12.8. The second kappa shape index (κ2) is 8.30. The number of fused-ring (bicyclic) bond motifs is 1. The van der Waals surface area contributed by atoms with Gasteiger partial charge in [-0.25, -0.2) is 0 Å². The van der Waals surface area contributed by atoms with Gasteiger partial charge in [0.15, 0.2) is 10.9 Å². The number of halogens is 2. The van der Waals surface area contributed by atoms with Crippen LogP contribution in [0.5, 0.6) is 0 Å². The van der Waals surface area contributed by atoms with Gasteiger partial charge in [-0.05, 0) is 84.2 Å². The molecular weight excluding hydrogens is 543 g/mol. The van der Waals surface area contributed by atoms with Gasteiger partial charge in [0.2, 0.25) is 4.96 Å². The van der Waals surface area contributed by atoms with Crippen molar-refractivity contribution in [2.24, 2.45) is 0 Å². The van der Waals surface area contributed by atoms with Gasteiger partial charge in [0.05, 0.1) is 10.6 Å². The number of carbonyl (C=O) groups excluding carboxylic acids is 1. The minimum absolute atomic E-state index is 0.187. The van der Waals surface area contributed by atoms with Gasteiger partial charge in [0.1, 0.15) is 5.01 Å². The molecule has 7 nitrogen and oxygen atoms in total. The molecule has 0 atom stereocenters. The maximum absolute atomic E-state index is 12.4. The van der Waals surface area contributed by atoms with Gasteiger partial charge >= 0.3 is 0 Å². The topological polar surface area (TPSA) is 84.2 Å². The number of carbonyl (C=O) groups is 1. The average Bonchev–Trinajstić information content (AvgIpc) is 3.26. The maximum Gasteiger partial charge on any atom is 0.258 e. The van der Waals surface area contributed by atoms with Gasteiger partial charge in [-0.2, -0.15) is 9.61 Å². The molecule has 0 saturated carbocycles. The molecule has 4 aromatic rings. The Morgan fingerprint density at radius 1 is 1.21 bits per heavy atom. The summed E-state index contributed by atoms with van der Waals surface area (Å²) in [5.41, 5.74) is 2.06. The number of hydrogen-bond donors (Lipinski definition) is 2. The van der Waals surface area contributed by atoms with Crippen LogP contribution in [0.15, 0.2) is 42.5 Å². The summed E-state index contributed by atoms with van der Waals surface area (Å²) in [5, 5.41) is 19.6. The van der Waals surface area contributed by atoms with E-state index >= 15 is 0 Å². The predicted molar refractivity (Wildman–Crippen MR) is 127 cm³/mol. The number of anilines is 1. The van der Waals surface area contributed by atoms with Crippen molar-refractivity contribution in [1.82, 2.24) is 25.1 Å². The Hall–Kier alpha value is -2.15. The molecule has 2 aromatic carbocycles. The fraction of sp³-hybridized carbons (Fsp3) is 0.0556. The van der Waals surface area contributed by atoms with Crippen LogP contribution in [0.25, 0.3) is 15.5 Å². The van der Waals surface area contributed by atoms with Crippen LogP contribution in [0.4, 0.5) is 5.69 Å². The minimum atomic E-state index is -0.363. The number of aromatic nitrogens is 4. The van der Waals surface area contributed by atoms with Crippen LogP contribution >= 0.6 is 57.7 Å². The van der Waals surface area contributed by atoms with Gasteiger partial charge in [-0.15, -0.1) is 10.2 Å². The number of nitrogens with zero attached hydrogens (tertiary/aromatic N) is 4. The van der Waals surface area contributed by atoms with E-state index in [-0.39, 0.29) is 11.0 Å². The molecule has 2 heterocycles. The second-order valence-electron chi connectivity index (χ2n) is 5.96. The van der Waals surface area contributed by atoms with E-state index in [1.165, 1.54) is 11.3 Å². The van der Waals surface area contributed by atoms with Crippen LogP contribution in [-0.2, 0) is 0 Å². The summed E-state index contributed by atoms with van der Waals surface area (Å²) in [6.45, 7) is 1.86. The van der Waals surface area contributed by atoms with E-state index in [1.54, 1.807) is 16.6 Å². The lowest BCUT2D eigenvalue weighted by Crippen LogP contribution is -2.34. The molecule has 2 aromatic heterocycles. The van der Waals surface area contributed by atoms with Crippen molar-refractivity contribution in [3.8, 4) is 10.6 Å². The van der Waals surface area contributed by atoms with Crippen molar-refractivity contribution in [1.29, 1.82) is 0 Å². The third kappa shape index (κ3) is 4.39. The first-order valence-corrected chi connectivity index (χ1v) is 11.0. The van der Waals surface area contributed by atoms with Crippen molar-refractivity contribution in [2.75, 3.05) is 5.32 Å². The first-order chi connectivity index (χ1) is 13.9. The van der Waals surface area contributed by atoms with Crippen molar-refractivity contribution < 1.29 is 4.79 Å². The van der Waals surface area contributed by atoms with E-state index in [0.29, 0.717) is 10.6 Å². The van der Waals surface area contributed by atoms with E-state index in [2.05, 4.69) is 48.5 Å². The smallest absolute Gasteiger partial charge is 0.258 e. The van der Waals surface area contributed by atoms with E-state index in [1.807, 2.05) is 37.3 Å². The Labute approximate surface area is 193 Å². The monoisotopic (exact) mass is 554 g/mol. The Morgan fingerprint density at radius 3 is 2.69 bits per heavy atom. The summed E-state index contributed by atoms with van der Waals surface area (Å²) in [6.07, 6.45) is 0. The first kappa shape index (κ1) is 20.1. The molecule has 0 unspecified atom stereocenters. The fourth-order valence-corrected chi connectivity index (χ4v) is 4.33. The van der Waals surface area contributed by atoms with Crippen LogP contribution in [0.3, 0.4) is 0 Å². The predicted octanol–water partition coefficient (Wildman–Crippen LogP) is 4.55. The highest BCUT2D eigenvalue weighted by Gasteiger charge is 2.13. The van der Waals surface area contributed by atoms with Gasteiger partial charge in [0, 0.05) is 14.8 Å². The molecule has 0 fully saturated rings. The highest BCUT2D eigenvalue weighted by Crippen LogP contribution is 2.26. The summed E-state index contributed by atoms with van der Waals surface area (Å²) in [5.74, 6) is 0.382. The Morgan fingerprint density at radius 2 is 1.97 bits per heavy atom. The summed E-state index contributed by atoms with van der Waals surface area (Å²) < 4.78 is 2.62. The third-order valence-corrected chi connectivity index (χ3v) is 6.09. The Kier molecular flexibility index (Phi) is 5.76. The molecule has 0 radical (unpaired) electrons. The molecule has 0 aliphatic heterocycles. The molecule has 0 aliphatic rings. The molecule has 0 spiro atoms. The molecule has 11 heteroatoms. The van der Waals surface area contributed by atoms with Gasteiger partial charge in [-0.3, -0.25) is 10.1 Å². The summed E-state index contributed by atoms with van der Waals surface area (Å²) >= 11 is 14.9. The molecule has 0 bridgehead atoms. The molecule has 4 rings (SSSR count). The van der Waals surface area contributed by atoms with E-state index in [0.717, 1.165) is 30.6 Å². The largest absolute Gasteiger partial charge is 0.332 e. The third-order valence-electron chi connectivity index (χ3n) is 3.94. The number of thiocarbonyl (C=S) groups is 1. The number of amides is 1. The van der Waals surface area contributed by atoms with Crippen molar-refractivity contribution >= 4 is 79.4 Å². The van der Waals surface area contributed by atoms with Crippen LogP contribution in [0.1, 0.15) is 16.2 Å². The first-order valence-electron chi connectivity index (χ1n) is 8.27. The van der Waals surface area contributed by atoms with Crippen molar-refractivity contribution in [3.63, 3.8) is 0 Å². The molecule has 146 valence electrons. The lowest BCUT2D eigenvalue weighted by atomic mass is 10.2. The molecular formula is C18H12ClIN6OS2. The summed E-state index contributed by atoms with van der Waals surface area (Å²) in [7, 11) is 0. The Bertz CT molecular complexity index is 1240. The van der Waals surface area contributed by atoms with Gasteiger partial charge in [0.25, 0.3) is 5.91 Å². The molecule has 29 heavy (non-hydrogen) atoms. The average molecular weight is 555 g/mol. The molecule has 2 N–H and O–H groups in total. The molecule has 0 aliphatic carbocycles. The van der Waals surface area contributed by atoms with Crippen molar-refractivity contribution in [3.05, 3.63) is 62.4 Å². The normalized spacial score (nSPS) is 10.9. The van der Waals surface area contributed by atoms with Crippen LogP contribution in [-0.4, -0.2) is 30.8 Å². The zero-order chi connectivity index (χ0) is 20.5. The second-order valence-corrected chi connectivity index (χ2v) is 8.98. The van der Waals surface area contributed by atoms with Crippen molar-refractivity contribution in [2.45, 2.75) is 6.92 Å². The maximum atomic E-state index is 12.4. The fourth-order valence-electron chi connectivity index (χ4n) is 2.53.